The monoisotopic (exact) mass is 355 g/mol. The summed E-state index contributed by atoms with van der Waals surface area (Å²) in [4.78, 5) is 23.5. The Morgan fingerprint density at radius 1 is 1.08 bits per heavy atom. The van der Waals surface area contributed by atoms with Crippen LogP contribution in [0.2, 0.25) is 5.02 Å². The number of tetrazole rings is 1. The maximum absolute atomic E-state index is 12.2. The standard InChI is InChI=1S/C17H14ClN5O2/c1-11(24)12-4-8-15(9-5-12)19-16(25)10-23-17(20-21-22-23)13-2-6-14(18)7-3-13/h2-9H,10H2,1H3,(H,19,25). The van der Waals surface area contributed by atoms with Crippen LogP contribution in [0.1, 0.15) is 17.3 Å². The molecule has 126 valence electrons. The first-order chi connectivity index (χ1) is 12.0. The lowest BCUT2D eigenvalue weighted by Gasteiger charge is -2.07. The minimum absolute atomic E-state index is 0.0285. The fraction of sp³-hybridized carbons (Fsp3) is 0.118. The van der Waals surface area contributed by atoms with Crippen molar-refractivity contribution in [2.75, 3.05) is 5.32 Å². The number of nitrogens with one attached hydrogen (secondary N) is 1. The van der Waals surface area contributed by atoms with Crippen LogP contribution in [0.3, 0.4) is 0 Å². The van der Waals surface area contributed by atoms with Crippen LogP contribution in [0.15, 0.2) is 48.5 Å². The summed E-state index contributed by atoms with van der Waals surface area (Å²) >= 11 is 5.87. The second kappa shape index (κ2) is 7.23. The van der Waals surface area contributed by atoms with Gasteiger partial charge in [0.05, 0.1) is 0 Å². The predicted octanol–water partition coefficient (Wildman–Crippen LogP) is 2.83. The van der Waals surface area contributed by atoms with Gasteiger partial charge in [0, 0.05) is 21.8 Å². The van der Waals surface area contributed by atoms with Crippen molar-refractivity contribution in [1.82, 2.24) is 20.2 Å². The van der Waals surface area contributed by atoms with Gasteiger partial charge in [-0.15, -0.1) is 5.10 Å². The van der Waals surface area contributed by atoms with Crippen molar-refractivity contribution in [2.45, 2.75) is 13.5 Å². The number of aromatic nitrogens is 4. The van der Waals surface area contributed by atoms with Crippen molar-refractivity contribution >= 4 is 29.0 Å². The summed E-state index contributed by atoms with van der Waals surface area (Å²) in [7, 11) is 0. The third kappa shape index (κ3) is 4.07. The zero-order chi connectivity index (χ0) is 17.8. The zero-order valence-corrected chi connectivity index (χ0v) is 14.1. The number of hydrogen-bond acceptors (Lipinski definition) is 5. The van der Waals surface area contributed by atoms with E-state index in [0.717, 1.165) is 5.56 Å². The van der Waals surface area contributed by atoms with Crippen molar-refractivity contribution in [3.8, 4) is 11.4 Å². The SMILES string of the molecule is CC(=O)c1ccc(NC(=O)Cn2nnnc2-c2ccc(Cl)cc2)cc1. The quantitative estimate of drug-likeness (QED) is 0.711. The first kappa shape index (κ1) is 16.8. The molecule has 0 unspecified atom stereocenters. The molecule has 0 aliphatic heterocycles. The first-order valence-electron chi connectivity index (χ1n) is 7.46. The highest BCUT2D eigenvalue weighted by Gasteiger charge is 2.12. The molecule has 3 aromatic rings. The predicted molar refractivity (Wildman–Crippen MR) is 93.3 cm³/mol. The molecule has 0 bridgehead atoms. The maximum Gasteiger partial charge on any atom is 0.246 e. The van der Waals surface area contributed by atoms with E-state index in [1.165, 1.54) is 11.6 Å². The topological polar surface area (TPSA) is 89.8 Å². The molecule has 1 amide bonds. The van der Waals surface area contributed by atoms with Gasteiger partial charge in [-0.05, 0) is 65.9 Å². The average Bonchev–Trinajstić information content (AvgIpc) is 3.04. The average molecular weight is 356 g/mol. The number of benzene rings is 2. The first-order valence-corrected chi connectivity index (χ1v) is 7.83. The normalized spacial score (nSPS) is 10.5. The van der Waals surface area contributed by atoms with E-state index >= 15 is 0 Å². The number of rotatable bonds is 5. The molecule has 0 aliphatic carbocycles. The van der Waals surface area contributed by atoms with Gasteiger partial charge < -0.3 is 5.32 Å². The molecule has 2 aromatic carbocycles. The van der Waals surface area contributed by atoms with E-state index < -0.39 is 0 Å². The van der Waals surface area contributed by atoms with Gasteiger partial charge in [0.2, 0.25) is 5.91 Å². The van der Waals surface area contributed by atoms with Crippen molar-refractivity contribution in [3.05, 3.63) is 59.1 Å². The number of amides is 1. The van der Waals surface area contributed by atoms with Gasteiger partial charge in [-0.25, -0.2) is 4.68 Å². The number of hydrogen-bond donors (Lipinski definition) is 1. The van der Waals surface area contributed by atoms with Crippen LogP contribution in [0.5, 0.6) is 0 Å². The third-order valence-electron chi connectivity index (χ3n) is 3.50. The van der Waals surface area contributed by atoms with Crippen LogP contribution in [0.25, 0.3) is 11.4 Å². The van der Waals surface area contributed by atoms with E-state index in [2.05, 4.69) is 20.8 Å². The lowest BCUT2D eigenvalue weighted by molar-refractivity contribution is -0.116. The van der Waals surface area contributed by atoms with Crippen LogP contribution in [0.4, 0.5) is 5.69 Å². The zero-order valence-electron chi connectivity index (χ0n) is 13.3. The van der Waals surface area contributed by atoms with Gasteiger partial charge in [-0.3, -0.25) is 9.59 Å². The molecule has 25 heavy (non-hydrogen) atoms. The second-order valence-corrected chi connectivity index (χ2v) is 5.79. The van der Waals surface area contributed by atoms with Gasteiger partial charge in [0.1, 0.15) is 6.54 Å². The molecular formula is C17H14ClN5O2. The number of carbonyl (C=O) groups excluding carboxylic acids is 2. The molecular weight excluding hydrogens is 342 g/mol. The molecule has 1 heterocycles. The Morgan fingerprint density at radius 3 is 2.40 bits per heavy atom. The number of halogens is 1. The highest BCUT2D eigenvalue weighted by molar-refractivity contribution is 6.30. The molecule has 1 N–H and O–H groups in total. The van der Waals surface area contributed by atoms with E-state index in [4.69, 9.17) is 11.6 Å². The van der Waals surface area contributed by atoms with Gasteiger partial charge >= 0.3 is 0 Å². The Hall–Kier alpha value is -3.06. The van der Waals surface area contributed by atoms with Crippen LogP contribution >= 0.6 is 11.6 Å². The third-order valence-corrected chi connectivity index (χ3v) is 3.75. The van der Waals surface area contributed by atoms with E-state index in [1.54, 1.807) is 48.5 Å². The highest BCUT2D eigenvalue weighted by Crippen LogP contribution is 2.18. The molecule has 0 aliphatic rings. The fourth-order valence-corrected chi connectivity index (χ4v) is 2.37. The van der Waals surface area contributed by atoms with Crippen molar-refractivity contribution in [1.29, 1.82) is 0 Å². The molecule has 0 saturated carbocycles. The van der Waals surface area contributed by atoms with Crippen LogP contribution in [-0.4, -0.2) is 31.9 Å². The summed E-state index contributed by atoms with van der Waals surface area (Å²) in [5.41, 5.74) is 1.94. The number of ketones is 1. The smallest absolute Gasteiger partial charge is 0.246 e. The van der Waals surface area contributed by atoms with Gasteiger partial charge in [0.25, 0.3) is 0 Å². The van der Waals surface area contributed by atoms with E-state index in [-0.39, 0.29) is 18.2 Å². The summed E-state index contributed by atoms with van der Waals surface area (Å²) < 4.78 is 1.41. The minimum Gasteiger partial charge on any atom is -0.324 e. The fourth-order valence-electron chi connectivity index (χ4n) is 2.24. The Labute approximate surface area is 148 Å². The van der Waals surface area contributed by atoms with E-state index in [9.17, 15) is 9.59 Å². The van der Waals surface area contributed by atoms with Crippen molar-refractivity contribution in [3.63, 3.8) is 0 Å². The van der Waals surface area contributed by atoms with Gasteiger partial charge in [-0.2, -0.15) is 0 Å². The molecule has 0 radical (unpaired) electrons. The van der Waals surface area contributed by atoms with Crippen molar-refractivity contribution < 1.29 is 9.59 Å². The van der Waals surface area contributed by atoms with Crippen LogP contribution < -0.4 is 5.32 Å². The van der Waals surface area contributed by atoms with Crippen LogP contribution in [0, 0.1) is 0 Å². The number of carbonyl (C=O) groups is 2. The van der Waals surface area contributed by atoms with Crippen molar-refractivity contribution in [2.24, 2.45) is 0 Å². The van der Waals surface area contributed by atoms with Gasteiger partial charge in [-0.1, -0.05) is 11.6 Å². The molecule has 0 saturated heterocycles. The number of anilines is 1. The summed E-state index contributed by atoms with van der Waals surface area (Å²) in [5, 5.41) is 14.8. The molecule has 3 rings (SSSR count). The Kier molecular flexibility index (Phi) is 4.85. The number of Topliss-reactive ketones (excluding diaryl/α,β-unsaturated/α-hetero) is 1. The second-order valence-electron chi connectivity index (χ2n) is 5.35. The lowest BCUT2D eigenvalue weighted by Crippen LogP contribution is -2.20. The highest BCUT2D eigenvalue weighted by atomic mass is 35.5. The molecule has 8 heteroatoms. The minimum atomic E-state index is -0.280. The number of nitrogens with zero attached hydrogens (tertiary/aromatic N) is 4. The van der Waals surface area contributed by atoms with Crippen LogP contribution in [-0.2, 0) is 11.3 Å². The van der Waals surface area contributed by atoms with Gasteiger partial charge in [0.15, 0.2) is 11.6 Å². The molecule has 0 spiro atoms. The summed E-state index contributed by atoms with van der Waals surface area (Å²) in [5.74, 6) is 0.163. The summed E-state index contributed by atoms with van der Waals surface area (Å²) in [6.07, 6.45) is 0. The summed E-state index contributed by atoms with van der Waals surface area (Å²) in [6.45, 7) is 1.45. The molecule has 7 nitrogen and oxygen atoms in total. The van der Waals surface area contributed by atoms with E-state index in [1.807, 2.05) is 0 Å². The largest absolute Gasteiger partial charge is 0.324 e. The summed E-state index contributed by atoms with van der Waals surface area (Å²) in [6, 6.07) is 13.7. The Bertz CT molecular complexity index is 904. The Morgan fingerprint density at radius 2 is 1.76 bits per heavy atom. The molecule has 1 aromatic heterocycles. The maximum atomic E-state index is 12.2. The van der Waals surface area contributed by atoms with E-state index in [0.29, 0.717) is 22.1 Å². The lowest BCUT2D eigenvalue weighted by atomic mass is 10.1. The molecule has 0 fully saturated rings. The molecule has 0 atom stereocenters. The Balaban J connectivity index is 1.70.